The Morgan fingerprint density at radius 1 is 1.00 bits per heavy atom. The molecule has 0 spiro atoms. The quantitative estimate of drug-likeness (QED) is 0.417. The Morgan fingerprint density at radius 2 is 1.79 bits per heavy atom. The number of ether oxygens (including phenoxy) is 2. The Bertz CT molecular complexity index is 1090. The van der Waals surface area contributed by atoms with Gasteiger partial charge >= 0.3 is 0 Å². The molecule has 0 aliphatic rings. The lowest BCUT2D eigenvalue weighted by Crippen LogP contribution is -1.97. The molecule has 0 saturated heterocycles. The lowest BCUT2D eigenvalue weighted by Gasteiger charge is -2.11. The van der Waals surface area contributed by atoms with Crippen molar-refractivity contribution in [3.8, 4) is 22.1 Å². The van der Waals surface area contributed by atoms with Gasteiger partial charge < -0.3 is 14.8 Å². The molecule has 4 rings (SSSR count). The Labute approximate surface area is 177 Å². The number of nitrogens with one attached hydrogen (secondary N) is 1. The minimum atomic E-state index is 0.427. The molecule has 0 saturated carbocycles. The average Bonchev–Trinajstić information content (AvgIpc) is 3.23. The molecule has 0 aliphatic heterocycles. The summed E-state index contributed by atoms with van der Waals surface area (Å²) in [5.41, 5.74) is 2.74. The summed E-state index contributed by atoms with van der Waals surface area (Å²) in [6, 6.07) is 16.9. The van der Waals surface area contributed by atoms with Crippen molar-refractivity contribution >= 4 is 33.8 Å². The highest BCUT2D eigenvalue weighted by Gasteiger charge is 2.14. The van der Waals surface area contributed by atoms with Crippen molar-refractivity contribution in [1.82, 2.24) is 15.2 Å². The number of nitrogens with zero attached hydrogens (tertiary/aromatic N) is 3. The van der Waals surface area contributed by atoms with Crippen LogP contribution in [0.15, 0.2) is 67.0 Å². The van der Waals surface area contributed by atoms with E-state index in [0.717, 1.165) is 27.6 Å². The third-order valence-corrected chi connectivity index (χ3v) is 5.21. The van der Waals surface area contributed by atoms with Gasteiger partial charge in [-0.2, -0.15) is 0 Å². The monoisotopic (exact) mass is 424 g/mol. The number of pyridine rings is 1. The van der Waals surface area contributed by atoms with E-state index in [1.165, 1.54) is 11.3 Å². The molecular formula is C21H17ClN4O2S. The van der Waals surface area contributed by atoms with Crippen LogP contribution >= 0.6 is 22.9 Å². The van der Waals surface area contributed by atoms with Crippen molar-refractivity contribution in [3.05, 3.63) is 77.6 Å². The second-order valence-electron chi connectivity index (χ2n) is 6.05. The topological polar surface area (TPSA) is 69.2 Å². The summed E-state index contributed by atoms with van der Waals surface area (Å²) in [5, 5.41) is 13.9. The van der Waals surface area contributed by atoms with Gasteiger partial charge in [0.1, 0.15) is 18.1 Å². The van der Waals surface area contributed by atoms with Crippen LogP contribution in [0.25, 0.3) is 10.6 Å². The molecule has 2 heterocycles. The lowest BCUT2D eigenvalue weighted by atomic mass is 10.2. The number of methoxy groups -OCH3 is 1. The number of benzene rings is 2. The molecule has 6 nitrogen and oxygen atoms in total. The van der Waals surface area contributed by atoms with Gasteiger partial charge in [-0.1, -0.05) is 22.9 Å². The fraction of sp³-hybridized carbons (Fsp3) is 0.0952. The molecule has 146 valence electrons. The third-order valence-electron chi connectivity index (χ3n) is 4.08. The first-order chi connectivity index (χ1) is 14.2. The molecule has 0 amide bonds. The van der Waals surface area contributed by atoms with Crippen molar-refractivity contribution in [2.75, 3.05) is 12.4 Å². The van der Waals surface area contributed by atoms with Crippen LogP contribution in [0, 0.1) is 0 Å². The number of halogens is 1. The van der Waals surface area contributed by atoms with E-state index in [0.29, 0.717) is 22.5 Å². The van der Waals surface area contributed by atoms with Gasteiger partial charge in [0.15, 0.2) is 5.01 Å². The first-order valence-corrected chi connectivity index (χ1v) is 9.97. The molecule has 8 heteroatoms. The van der Waals surface area contributed by atoms with Crippen LogP contribution < -0.4 is 14.8 Å². The predicted molar refractivity (Wildman–Crippen MR) is 115 cm³/mol. The number of hydrogen-bond donors (Lipinski definition) is 1. The summed E-state index contributed by atoms with van der Waals surface area (Å²) in [6.45, 7) is 0.427. The molecule has 2 aromatic carbocycles. The van der Waals surface area contributed by atoms with Crippen LogP contribution in [-0.2, 0) is 6.61 Å². The predicted octanol–water partition coefficient (Wildman–Crippen LogP) is 5.58. The van der Waals surface area contributed by atoms with Crippen LogP contribution in [0.5, 0.6) is 11.5 Å². The minimum Gasteiger partial charge on any atom is -0.497 e. The van der Waals surface area contributed by atoms with E-state index >= 15 is 0 Å². The molecule has 2 aromatic heterocycles. The van der Waals surface area contributed by atoms with Gasteiger partial charge in [-0.15, -0.1) is 10.2 Å². The van der Waals surface area contributed by atoms with Crippen LogP contribution in [0.3, 0.4) is 0 Å². The van der Waals surface area contributed by atoms with E-state index < -0.39 is 0 Å². The summed E-state index contributed by atoms with van der Waals surface area (Å²) < 4.78 is 11.4. The zero-order valence-electron chi connectivity index (χ0n) is 15.5. The van der Waals surface area contributed by atoms with E-state index in [1.54, 1.807) is 19.5 Å². The molecule has 0 radical (unpaired) electrons. The molecular weight excluding hydrogens is 408 g/mol. The molecule has 0 fully saturated rings. The van der Waals surface area contributed by atoms with Gasteiger partial charge in [-0.25, -0.2) is 0 Å². The smallest absolute Gasteiger partial charge is 0.210 e. The van der Waals surface area contributed by atoms with E-state index in [-0.39, 0.29) is 0 Å². The van der Waals surface area contributed by atoms with Crippen molar-refractivity contribution in [2.24, 2.45) is 0 Å². The largest absolute Gasteiger partial charge is 0.497 e. The van der Waals surface area contributed by atoms with E-state index in [4.69, 9.17) is 21.1 Å². The zero-order valence-corrected chi connectivity index (χ0v) is 17.1. The maximum absolute atomic E-state index is 6.04. The first kappa shape index (κ1) is 19.2. The third kappa shape index (κ3) is 4.82. The number of anilines is 2. The molecule has 0 atom stereocenters. The highest BCUT2D eigenvalue weighted by Crippen LogP contribution is 2.37. The molecule has 0 bridgehead atoms. The lowest BCUT2D eigenvalue weighted by molar-refractivity contribution is 0.306. The Kier molecular flexibility index (Phi) is 5.88. The standard InChI is InChI=1S/C21H17ClN4O2S/c1-27-17-6-7-19(28-13-14-8-10-23-11-9-14)18(12-17)20-25-26-21(29-20)24-16-4-2-15(22)3-5-16/h2-12H,13H2,1H3,(H,24,26). The number of aromatic nitrogens is 3. The van der Waals surface area contributed by atoms with Crippen molar-refractivity contribution < 1.29 is 9.47 Å². The van der Waals surface area contributed by atoms with Crippen molar-refractivity contribution in [3.63, 3.8) is 0 Å². The van der Waals surface area contributed by atoms with E-state index in [9.17, 15) is 0 Å². The summed E-state index contributed by atoms with van der Waals surface area (Å²) in [4.78, 5) is 4.03. The van der Waals surface area contributed by atoms with Crippen LogP contribution in [0.1, 0.15) is 5.56 Å². The molecule has 1 N–H and O–H groups in total. The van der Waals surface area contributed by atoms with E-state index in [1.807, 2.05) is 54.6 Å². The Morgan fingerprint density at radius 3 is 2.55 bits per heavy atom. The maximum Gasteiger partial charge on any atom is 0.210 e. The van der Waals surface area contributed by atoms with Gasteiger partial charge in [-0.3, -0.25) is 4.98 Å². The van der Waals surface area contributed by atoms with Gasteiger partial charge in [0.25, 0.3) is 0 Å². The van der Waals surface area contributed by atoms with Gasteiger partial charge in [0.2, 0.25) is 5.13 Å². The second kappa shape index (κ2) is 8.89. The van der Waals surface area contributed by atoms with Crippen molar-refractivity contribution in [1.29, 1.82) is 0 Å². The SMILES string of the molecule is COc1ccc(OCc2ccncc2)c(-c2nnc(Nc3ccc(Cl)cc3)s2)c1. The zero-order chi connectivity index (χ0) is 20.1. The molecule has 0 unspecified atom stereocenters. The molecule has 0 aliphatic carbocycles. The van der Waals surface area contributed by atoms with Crippen LogP contribution in [-0.4, -0.2) is 22.3 Å². The van der Waals surface area contributed by atoms with Gasteiger partial charge in [0, 0.05) is 23.1 Å². The van der Waals surface area contributed by atoms with Crippen LogP contribution in [0.4, 0.5) is 10.8 Å². The molecule has 4 aromatic rings. The summed E-state index contributed by atoms with van der Waals surface area (Å²) in [7, 11) is 1.63. The first-order valence-electron chi connectivity index (χ1n) is 8.77. The Hall–Kier alpha value is -3.16. The Balaban J connectivity index is 1.57. The highest BCUT2D eigenvalue weighted by molar-refractivity contribution is 7.18. The van der Waals surface area contributed by atoms with Gasteiger partial charge in [-0.05, 0) is 60.2 Å². The minimum absolute atomic E-state index is 0.427. The highest BCUT2D eigenvalue weighted by atomic mass is 35.5. The number of hydrogen-bond acceptors (Lipinski definition) is 7. The van der Waals surface area contributed by atoms with Crippen LogP contribution in [0.2, 0.25) is 5.02 Å². The summed E-state index contributed by atoms with van der Waals surface area (Å²) in [5.74, 6) is 1.43. The maximum atomic E-state index is 6.04. The average molecular weight is 425 g/mol. The van der Waals surface area contributed by atoms with Crippen molar-refractivity contribution in [2.45, 2.75) is 6.61 Å². The molecule has 29 heavy (non-hydrogen) atoms. The number of rotatable bonds is 7. The van der Waals surface area contributed by atoms with E-state index in [2.05, 4.69) is 20.5 Å². The fourth-order valence-corrected chi connectivity index (χ4v) is 3.52. The summed E-state index contributed by atoms with van der Waals surface area (Å²) in [6.07, 6.45) is 3.49. The normalized spacial score (nSPS) is 10.6. The summed E-state index contributed by atoms with van der Waals surface area (Å²) >= 11 is 7.36. The second-order valence-corrected chi connectivity index (χ2v) is 7.46. The fourth-order valence-electron chi connectivity index (χ4n) is 2.61. The van der Waals surface area contributed by atoms with Gasteiger partial charge in [0.05, 0.1) is 12.7 Å².